The van der Waals surface area contributed by atoms with Crippen LogP contribution in [0, 0.1) is 0 Å². The molecule has 0 bridgehead atoms. The first-order chi connectivity index (χ1) is 59.9. The average Bonchev–Trinajstić information content (AvgIpc) is 0.782. The van der Waals surface area contributed by atoms with Gasteiger partial charge in [-0.15, -0.1) is 0 Å². The highest BCUT2D eigenvalue weighted by atomic mass is 15.2. The SMILES string of the molecule is [2H]c1cc2c(c([2H])c1-n1c3c([2H])cc([2H])c([2H])c3c3c([2H])c([2H])c([2H])c([2H])c31)N(c1c(-c3ccccc3)cc(C(C)(C)C)cc1-c1ccccc1)c1cc(C(C)(C)C)cc3c1B2c1cc([2H])c(-n2c4c([2H])c([2H])c([2H])c([2H])c4c4c([2H])c([2H])c([2H])c([2H])c42)c([2H])c1N3c1c(-c2ccc(-c3ccccc3)cc2)cc(C(C)(C)C)cc1-c1ccc(-c2ccccc2)cc1. The Morgan fingerprint density at radius 3 is 0.916 bits per heavy atom. The summed E-state index contributed by atoms with van der Waals surface area (Å²) in [6.45, 7) is 17.9. The summed E-state index contributed by atoms with van der Waals surface area (Å²) in [5, 5.41) is -0.877. The highest BCUT2D eigenvalue weighted by Crippen LogP contribution is 2.56. The smallest absolute Gasteiger partial charge is 0.252 e. The van der Waals surface area contributed by atoms with Gasteiger partial charge in [0.2, 0.25) is 0 Å². The van der Waals surface area contributed by atoms with Gasteiger partial charge in [0.05, 0.1) is 59.5 Å². The first kappa shape index (κ1) is 47.8. The van der Waals surface area contributed by atoms with E-state index in [1.54, 1.807) is 12.1 Å². The van der Waals surface area contributed by atoms with Crippen LogP contribution < -0.4 is 26.2 Å². The molecule has 15 aromatic carbocycles. The van der Waals surface area contributed by atoms with E-state index in [2.05, 4.69) is 181 Å². The van der Waals surface area contributed by atoms with Gasteiger partial charge in [0.15, 0.2) is 0 Å². The van der Waals surface area contributed by atoms with Crippen molar-refractivity contribution in [3.05, 3.63) is 356 Å². The Morgan fingerprint density at radius 1 is 0.271 bits per heavy atom. The second-order valence-electron chi connectivity index (χ2n) is 31.0. The summed E-state index contributed by atoms with van der Waals surface area (Å²) in [5.74, 6) is 0. The Kier molecular flexibility index (Phi) is 11.2. The zero-order chi connectivity index (χ0) is 89.1. The third kappa shape index (κ3) is 11.0. The summed E-state index contributed by atoms with van der Waals surface area (Å²) in [4.78, 5) is 4.16. The molecule has 2 aliphatic rings. The van der Waals surface area contributed by atoms with Gasteiger partial charge in [-0.1, -0.05) is 317 Å². The first-order valence-electron chi connectivity index (χ1n) is 45.8. The Hall–Kier alpha value is -12.4. The fraction of sp³-hybridized carbons (Fsp3) is 0.118. The highest BCUT2D eigenvalue weighted by Gasteiger charge is 2.47. The van der Waals surface area contributed by atoms with Crippen LogP contribution in [0.4, 0.5) is 34.1 Å². The number of para-hydroxylation sites is 4. The molecule has 4 nitrogen and oxygen atoms in total. The molecule has 19 rings (SSSR count). The Bertz CT molecular complexity index is 7300. The van der Waals surface area contributed by atoms with E-state index in [0.29, 0.717) is 50.5 Å². The van der Waals surface area contributed by atoms with E-state index < -0.39 is 120 Å². The zero-order valence-corrected chi connectivity index (χ0v) is 60.7. The number of aromatic nitrogens is 2. The van der Waals surface area contributed by atoms with E-state index in [1.165, 1.54) is 9.13 Å². The molecule has 0 saturated carbocycles. The van der Waals surface area contributed by atoms with Gasteiger partial charge in [0.25, 0.3) is 6.71 Å². The molecule has 0 amide bonds. The lowest BCUT2D eigenvalue weighted by Gasteiger charge is -2.47. The van der Waals surface area contributed by atoms with Crippen LogP contribution in [0.15, 0.2) is 339 Å². The second kappa shape index (κ2) is 25.1. The summed E-state index contributed by atoms with van der Waals surface area (Å²) in [5.41, 5.74) is 12.1. The van der Waals surface area contributed by atoms with Crippen LogP contribution >= 0.6 is 0 Å². The summed E-state index contributed by atoms with van der Waals surface area (Å²) in [6.07, 6.45) is 0. The monoisotopic (exact) mass is 1390 g/mol. The summed E-state index contributed by atoms with van der Waals surface area (Å²) < 4.78 is 192. The van der Waals surface area contributed by atoms with Crippen LogP contribution in [0.2, 0.25) is 0 Å². The number of hydrogen-bond donors (Lipinski definition) is 0. The number of fused-ring (bicyclic) bond motifs is 10. The lowest BCUT2D eigenvalue weighted by Crippen LogP contribution is -2.61. The minimum absolute atomic E-state index is 0.0948. The fourth-order valence-corrected chi connectivity index (χ4v) is 15.8. The summed E-state index contributed by atoms with van der Waals surface area (Å²) >= 11 is 0. The van der Waals surface area contributed by atoms with Crippen molar-refractivity contribution < 1.29 is 26.0 Å². The van der Waals surface area contributed by atoms with Gasteiger partial charge in [-0.3, -0.25) is 0 Å². The molecule has 0 fully saturated rings. The topological polar surface area (TPSA) is 16.3 Å². The largest absolute Gasteiger partial charge is 0.310 e. The Morgan fingerprint density at radius 2 is 0.561 bits per heavy atom. The molecule has 0 N–H and O–H groups in total. The third-order valence-electron chi connectivity index (χ3n) is 21.3. The highest BCUT2D eigenvalue weighted by molar-refractivity contribution is 7.00. The van der Waals surface area contributed by atoms with Gasteiger partial charge in [-0.2, -0.15) is 0 Å². The van der Waals surface area contributed by atoms with Crippen LogP contribution in [0.25, 0.3) is 122 Å². The molecule has 0 unspecified atom stereocenters. The Labute approximate surface area is 655 Å². The Balaban J connectivity index is 1.07. The molecule has 0 aliphatic carbocycles. The van der Waals surface area contributed by atoms with Crippen LogP contribution in [-0.4, -0.2) is 15.8 Å². The molecule has 0 saturated heterocycles. The predicted molar refractivity (Wildman–Crippen MR) is 458 cm³/mol. The summed E-state index contributed by atoms with van der Waals surface area (Å²) in [6, 6.07) is 63.4. The van der Waals surface area contributed by atoms with E-state index in [4.69, 9.17) is 2.74 Å². The first-order valence-corrected chi connectivity index (χ1v) is 36.3. The molecule has 2 aromatic heterocycles. The molecule has 0 spiro atoms. The molecular formula is C102H83BN4. The van der Waals surface area contributed by atoms with Crippen molar-refractivity contribution in [3.63, 3.8) is 0 Å². The van der Waals surface area contributed by atoms with Crippen LogP contribution in [0.3, 0.4) is 0 Å². The van der Waals surface area contributed by atoms with Gasteiger partial charge in [-0.05, 0) is 179 Å². The van der Waals surface area contributed by atoms with Crippen LogP contribution in [-0.2, 0) is 16.2 Å². The van der Waals surface area contributed by atoms with Crippen molar-refractivity contribution in [2.45, 2.75) is 78.6 Å². The van der Waals surface area contributed by atoms with E-state index in [9.17, 15) is 23.3 Å². The van der Waals surface area contributed by atoms with Crippen molar-refractivity contribution in [1.29, 1.82) is 0 Å². The number of nitrogens with zero attached hydrogens (tertiary/aromatic N) is 4. The third-order valence-corrected chi connectivity index (χ3v) is 21.3. The van der Waals surface area contributed by atoms with Crippen molar-refractivity contribution in [3.8, 4) is 78.1 Å². The molecule has 17 aromatic rings. The fourth-order valence-electron chi connectivity index (χ4n) is 15.8. The molecule has 514 valence electrons. The van der Waals surface area contributed by atoms with Crippen molar-refractivity contribution >= 4 is 101 Å². The average molecular weight is 1390 g/mol. The zero-order valence-electron chi connectivity index (χ0n) is 79.7. The molecule has 0 radical (unpaired) electrons. The van der Waals surface area contributed by atoms with E-state index in [0.717, 1.165) is 67.3 Å². The quantitative estimate of drug-likeness (QED) is 0.127. The molecule has 4 heterocycles. The van der Waals surface area contributed by atoms with Crippen molar-refractivity contribution in [2.24, 2.45) is 0 Å². The van der Waals surface area contributed by atoms with Crippen LogP contribution in [0.1, 0.15) is 105 Å². The number of anilines is 6. The van der Waals surface area contributed by atoms with E-state index in [1.807, 2.05) is 97.1 Å². The normalized spacial score (nSPS) is 15.3. The lowest BCUT2D eigenvalue weighted by molar-refractivity contribution is 0.590. The standard InChI is InChI=1S/C102H83BN4/c1-100(2,3)74-58-83(70-34-18-12-19-35-70)98(84(59-74)71-36-20-13-21-37-71)106-93-64-77(104-89-42-26-22-38-79(89)80-39-23-27-43-90(80)104)54-56-87(93)103-88-57-55-78(105-91-44-28-24-40-81(91)82-41-25-29-45-92(82)105)65-94(88)107(96-63-76(102(7,8)9)62-95(106)97(96)103)99-85(72-50-46-68(47-51-72)66-30-14-10-15-31-66)60-75(101(4,5)6)61-86(99)73-52-48-69(49-53-73)67-32-16-11-17-33-67/h10-65H,1-9H3/i22D,23D,24D,25D,26D,28D,29D,38D,39D,40D,41D,42D,43D,44D,45D,54D,55D,64D,65D. The minimum Gasteiger partial charge on any atom is -0.310 e. The molecule has 2 aliphatic heterocycles. The van der Waals surface area contributed by atoms with Crippen molar-refractivity contribution in [1.82, 2.24) is 9.13 Å². The van der Waals surface area contributed by atoms with Gasteiger partial charge in [-0.25, -0.2) is 0 Å². The number of rotatable bonds is 10. The second-order valence-corrected chi connectivity index (χ2v) is 31.0. The van der Waals surface area contributed by atoms with Crippen LogP contribution in [0.5, 0.6) is 0 Å². The summed E-state index contributed by atoms with van der Waals surface area (Å²) in [7, 11) is 0. The number of benzene rings is 15. The van der Waals surface area contributed by atoms with Gasteiger partial charge < -0.3 is 18.9 Å². The number of hydrogen-bond acceptors (Lipinski definition) is 2. The van der Waals surface area contributed by atoms with Gasteiger partial charge in [0, 0.05) is 77.9 Å². The minimum atomic E-state index is -1.25. The predicted octanol–water partition coefficient (Wildman–Crippen LogP) is 25.9. The van der Waals surface area contributed by atoms with Gasteiger partial charge in [0.1, 0.15) is 0 Å². The molecular weight excluding hydrogens is 1290 g/mol. The van der Waals surface area contributed by atoms with E-state index in [-0.39, 0.29) is 95.4 Å². The maximum Gasteiger partial charge on any atom is 0.252 e. The molecule has 0 atom stereocenters. The maximum atomic E-state index is 11.9. The molecule has 5 heteroatoms. The molecule has 107 heavy (non-hydrogen) atoms. The lowest BCUT2D eigenvalue weighted by atomic mass is 9.33. The maximum absolute atomic E-state index is 11.9. The van der Waals surface area contributed by atoms with Crippen molar-refractivity contribution in [2.75, 3.05) is 9.80 Å². The van der Waals surface area contributed by atoms with Gasteiger partial charge >= 0.3 is 0 Å². The van der Waals surface area contributed by atoms with E-state index >= 15 is 0 Å².